The van der Waals surface area contributed by atoms with Crippen molar-refractivity contribution in [3.63, 3.8) is 0 Å². The summed E-state index contributed by atoms with van der Waals surface area (Å²) in [5.74, 6) is 0. The van der Waals surface area contributed by atoms with E-state index in [1.807, 2.05) is 12.1 Å². The van der Waals surface area contributed by atoms with Gasteiger partial charge in [-0.15, -0.1) is 0 Å². The largest absolute Gasteiger partial charge is 0.416 e. The normalized spacial score (nSPS) is 11.3. The second-order valence-corrected chi connectivity index (χ2v) is 4.17. The molecule has 0 aliphatic rings. The van der Waals surface area contributed by atoms with E-state index in [4.69, 9.17) is 5.73 Å². The first kappa shape index (κ1) is 13.3. The van der Waals surface area contributed by atoms with Crippen LogP contribution in [0.3, 0.4) is 0 Å². The second kappa shape index (κ2) is 5.22. The Balaban J connectivity index is 2.05. The van der Waals surface area contributed by atoms with Crippen LogP contribution in [0.15, 0.2) is 48.5 Å². The average molecular weight is 266 g/mol. The molecule has 0 spiro atoms. The Morgan fingerprint density at radius 2 is 1.68 bits per heavy atom. The van der Waals surface area contributed by atoms with Gasteiger partial charge in [-0.3, -0.25) is 0 Å². The number of benzene rings is 2. The van der Waals surface area contributed by atoms with Crippen LogP contribution in [0.2, 0.25) is 0 Å². The lowest BCUT2D eigenvalue weighted by Gasteiger charge is -2.10. The van der Waals surface area contributed by atoms with Gasteiger partial charge < -0.3 is 11.1 Å². The van der Waals surface area contributed by atoms with Crippen LogP contribution in [-0.2, 0) is 12.7 Å². The van der Waals surface area contributed by atoms with Gasteiger partial charge >= 0.3 is 6.18 Å². The first-order valence-electron chi connectivity index (χ1n) is 5.71. The predicted molar refractivity (Wildman–Crippen MR) is 69.6 cm³/mol. The number of anilines is 2. The van der Waals surface area contributed by atoms with E-state index in [-0.39, 0.29) is 0 Å². The lowest BCUT2D eigenvalue weighted by Crippen LogP contribution is -2.06. The van der Waals surface area contributed by atoms with E-state index in [0.717, 1.165) is 17.7 Å². The minimum Gasteiger partial charge on any atom is -0.399 e. The van der Waals surface area contributed by atoms with Crippen molar-refractivity contribution >= 4 is 11.4 Å². The van der Waals surface area contributed by atoms with Crippen LogP contribution in [0.4, 0.5) is 24.5 Å². The highest BCUT2D eigenvalue weighted by Crippen LogP contribution is 2.30. The van der Waals surface area contributed by atoms with Crippen molar-refractivity contribution in [3.05, 3.63) is 59.7 Å². The second-order valence-electron chi connectivity index (χ2n) is 4.17. The molecule has 0 amide bonds. The summed E-state index contributed by atoms with van der Waals surface area (Å²) in [6.07, 6.45) is -4.32. The van der Waals surface area contributed by atoms with Crippen molar-refractivity contribution in [2.75, 3.05) is 11.1 Å². The average Bonchev–Trinajstić information content (AvgIpc) is 2.37. The standard InChI is InChI=1S/C14H13F3N2/c15-14(16,17)11-2-1-3-13(8-11)19-9-10-4-6-12(18)7-5-10/h1-8,19H,9,18H2. The molecule has 0 saturated carbocycles. The number of rotatable bonds is 3. The molecule has 2 rings (SSSR count). The van der Waals surface area contributed by atoms with Gasteiger partial charge in [0.2, 0.25) is 0 Å². The monoisotopic (exact) mass is 266 g/mol. The Kier molecular flexibility index (Phi) is 3.64. The van der Waals surface area contributed by atoms with Gasteiger partial charge in [-0.25, -0.2) is 0 Å². The highest BCUT2D eigenvalue weighted by Gasteiger charge is 2.30. The quantitative estimate of drug-likeness (QED) is 0.827. The fourth-order valence-electron chi connectivity index (χ4n) is 1.65. The topological polar surface area (TPSA) is 38.0 Å². The summed E-state index contributed by atoms with van der Waals surface area (Å²) in [6.45, 7) is 0.446. The van der Waals surface area contributed by atoms with E-state index in [1.165, 1.54) is 6.07 Å². The Labute approximate surface area is 109 Å². The van der Waals surface area contributed by atoms with Crippen LogP contribution >= 0.6 is 0 Å². The van der Waals surface area contributed by atoms with Crippen LogP contribution in [0.25, 0.3) is 0 Å². The molecule has 0 aliphatic carbocycles. The van der Waals surface area contributed by atoms with Crippen LogP contribution in [0, 0.1) is 0 Å². The number of hydrogen-bond donors (Lipinski definition) is 2. The molecule has 2 aromatic rings. The minimum atomic E-state index is -4.32. The summed E-state index contributed by atoms with van der Waals surface area (Å²) < 4.78 is 37.6. The SMILES string of the molecule is Nc1ccc(CNc2cccc(C(F)(F)F)c2)cc1. The third kappa shape index (κ3) is 3.64. The number of hydrogen-bond acceptors (Lipinski definition) is 2. The van der Waals surface area contributed by atoms with Gasteiger partial charge in [0.05, 0.1) is 5.56 Å². The first-order valence-corrected chi connectivity index (χ1v) is 5.71. The van der Waals surface area contributed by atoms with Crippen molar-refractivity contribution in [1.82, 2.24) is 0 Å². The Morgan fingerprint density at radius 1 is 1.00 bits per heavy atom. The smallest absolute Gasteiger partial charge is 0.399 e. The van der Waals surface area contributed by atoms with Gasteiger partial charge in [-0.1, -0.05) is 18.2 Å². The summed E-state index contributed by atoms with van der Waals surface area (Å²) >= 11 is 0. The molecule has 0 aromatic heterocycles. The van der Waals surface area contributed by atoms with Gasteiger partial charge in [-0.05, 0) is 35.9 Å². The predicted octanol–water partition coefficient (Wildman–Crippen LogP) is 3.90. The van der Waals surface area contributed by atoms with E-state index in [9.17, 15) is 13.2 Å². The Morgan fingerprint density at radius 3 is 2.32 bits per heavy atom. The maximum atomic E-state index is 12.5. The summed E-state index contributed by atoms with van der Waals surface area (Å²) in [5, 5.41) is 2.95. The van der Waals surface area contributed by atoms with Crippen molar-refractivity contribution in [2.45, 2.75) is 12.7 Å². The van der Waals surface area contributed by atoms with Crippen molar-refractivity contribution in [1.29, 1.82) is 0 Å². The number of nitrogen functional groups attached to an aromatic ring is 1. The van der Waals surface area contributed by atoms with E-state index >= 15 is 0 Å². The fourth-order valence-corrected chi connectivity index (χ4v) is 1.65. The highest BCUT2D eigenvalue weighted by molar-refractivity contribution is 5.47. The molecular formula is C14H13F3N2. The van der Waals surface area contributed by atoms with E-state index in [1.54, 1.807) is 18.2 Å². The van der Waals surface area contributed by atoms with Crippen LogP contribution in [0.1, 0.15) is 11.1 Å². The van der Waals surface area contributed by atoms with Crippen molar-refractivity contribution in [2.24, 2.45) is 0 Å². The maximum absolute atomic E-state index is 12.5. The zero-order valence-electron chi connectivity index (χ0n) is 10.0. The first-order chi connectivity index (χ1) is 8.95. The molecule has 2 nitrogen and oxygen atoms in total. The molecule has 2 aromatic carbocycles. The maximum Gasteiger partial charge on any atom is 0.416 e. The molecule has 3 N–H and O–H groups in total. The molecular weight excluding hydrogens is 253 g/mol. The Bertz CT molecular complexity index is 547. The molecule has 0 saturated heterocycles. The van der Waals surface area contributed by atoms with Crippen LogP contribution < -0.4 is 11.1 Å². The van der Waals surface area contributed by atoms with Gasteiger partial charge in [0.25, 0.3) is 0 Å². The van der Waals surface area contributed by atoms with Gasteiger partial charge in [0.1, 0.15) is 0 Å². The van der Waals surface area contributed by atoms with E-state index < -0.39 is 11.7 Å². The van der Waals surface area contributed by atoms with E-state index in [2.05, 4.69) is 5.32 Å². The third-order valence-electron chi connectivity index (χ3n) is 2.67. The van der Waals surface area contributed by atoms with Crippen LogP contribution in [-0.4, -0.2) is 0 Å². The van der Waals surface area contributed by atoms with E-state index in [0.29, 0.717) is 17.9 Å². The number of halogens is 3. The Hall–Kier alpha value is -2.17. The third-order valence-corrected chi connectivity index (χ3v) is 2.67. The molecule has 5 heteroatoms. The van der Waals surface area contributed by atoms with Crippen molar-refractivity contribution < 1.29 is 13.2 Å². The number of nitrogens with one attached hydrogen (secondary N) is 1. The highest BCUT2D eigenvalue weighted by atomic mass is 19.4. The summed E-state index contributed by atoms with van der Waals surface area (Å²) in [5.41, 5.74) is 6.94. The van der Waals surface area contributed by atoms with Gasteiger partial charge in [0, 0.05) is 17.9 Å². The molecule has 19 heavy (non-hydrogen) atoms. The zero-order valence-corrected chi connectivity index (χ0v) is 10.0. The van der Waals surface area contributed by atoms with Gasteiger partial charge in [0.15, 0.2) is 0 Å². The summed E-state index contributed by atoms with van der Waals surface area (Å²) in [7, 11) is 0. The molecule has 0 fully saturated rings. The molecule has 0 aliphatic heterocycles. The van der Waals surface area contributed by atoms with Crippen molar-refractivity contribution in [3.8, 4) is 0 Å². The molecule has 100 valence electrons. The van der Waals surface area contributed by atoms with Gasteiger partial charge in [-0.2, -0.15) is 13.2 Å². The lowest BCUT2D eigenvalue weighted by molar-refractivity contribution is -0.137. The number of nitrogens with two attached hydrogens (primary N) is 1. The summed E-state index contributed by atoms with van der Waals surface area (Å²) in [6, 6.07) is 12.3. The molecule has 0 bridgehead atoms. The molecule has 0 radical (unpaired) electrons. The fraction of sp³-hybridized carbons (Fsp3) is 0.143. The molecule has 0 atom stereocenters. The zero-order chi connectivity index (χ0) is 13.9. The minimum absolute atomic E-state index is 0.437. The lowest BCUT2D eigenvalue weighted by atomic mass is 10.1. The number of alkyl halides is 3. The molecule has 0 unspecified atom stereocenters. The molecule has 0 heterocycles. The summed E-state index contributed by atoms with van der Waals surface area (Å²) in [4.78, 5) is 0. The van der Waals surface area contributed by atoms with Crippen LogP contribution in [0.5, 0.6) is 0 Å².